The fraction of sp³-hybridized carbons (Fsp3) is 0.576. The predicted octanol–water partition coefficient (Wildman–Crippen LogP) is 7.43. The fourth-order valence-electron chi connectivity index (χ4n) is 8.50. The Morgan fingerprint density at radius 2 is 1.85 bits per heavy atom. The molecule has 0 spiro atoms. The maximum absolute atomic E-state index is 13.6. The van der Waals surface area contributed by atoms with Crippen molar-refractivity contribution in [2.75, 3.05) is 19.0 Å². The fourth-order valence-corrected chi connectivity index (χ4v) is 8.50. The second kappa shape index (κ2) is 9.68. The normalized spacial score (nSPS) is 33.8. The van der Waals surface area contributed by atoms with Gasteiger partial charge in [0, 0.05) is 44.5 Å². The Kier molecular flexibility index (Phi) is 6.89. The van der Waals surface area contributed by atoms with E-state index in [0.717, 1.165) is 23.2 Å². The van der Waals surface area contributed by atoms with Crippen molar-refractivity contribution < 1.29 is 22.8 Å². The highest BCUT2D eigenvalue weighted by atomic mass is 19.4. The summed E-state index contributed by atoms with van der Waals surface area (Å²) in [5.74, 6) is 4.50. The van der Waals surface area contributed by atoms with Crippen molar-refractivity contribution >= 4 is 17.3 Å². The average Bonchev–Trinajstić information content (AvgIpc) is 3.19. The zero-order valence-corrected chi connectivity index (χ0v) is 23.5. The average molecular weight is 538 g/mol. The Bertz CT molecular complexity index is 1310. The topological polar surface area (TPSA) is 37.4 Å². The van der Waals surface area contributed by atoms with Crippen LogP contribution < -0.4 is 4.90 Å². The van der Waals surface area contributed by atoms with E-state index in [1.54, 1.807) is 12.8 Å². The minimum atomic E-state index is -4.65. The molecule has 0 aromatic heterocycles. The summed E-state index contributed by atoms with van der Waals surface area (Å²) < 4.78 is 40.3. The van der Waals surface area contributed by atoms with Crippen LogP contribution in [0.3, 0.4) is 0 Å². The number of fused-ring (bicyclic) bond motifs is 4. The molecule has 1 aromatic carbocycles. The molecule has 2 saturated carbocycles. The number of benzene rings is 1. The van der Waals surface area contributed by atoms with E-state index in [1.807, 2.05) is 32.0 Å². The lowest BCUT2D eigenvalue weighted by molar-refractivity contribution is -0.132. The van der Waals surface area contributed by atoms with Crippen molar-refractivity contribution in [3.05, 3.63) is 52.6 Å². The summed E-state index contributed by atoms with van der Waals surface area (Å²) >= 11 is 0. The SMILES string of the molecule is CCC(=O)[C@@]1(C#CC(F)(F)F)CC[C@H]2[C@@H]3CC(C)C4=CC(=O)CCC4=C3[C@@H](c3ccc(N(C)C)cc3)C[C@@]21C. The lowest BCUT2D eigenvalue weighted by atomic mass is 9.47. The van der Waals surface area contributed by atoms with Crippen molar-refractivity contribution in [1.82, 2.24) is 0 Å². The van der Waals surface area contributed by atoms with Crippen molar-refractivity contribution in [3.63, 3.8) is 0 Å². The van der Waals surface area contributed by atoms with E-state index < -0.39 is 17.0 Å². The summed E-state index contributed by atoms with van der Waals surface area (Å²) in [6.45, 7) is 5.95. The number of alkyl halides is 3. The first-order chi connectivity index (χ1) is 18.3. The van der Waals surface area contributed by atoms with Crippen LogP contribution in [-0.4, -0.2) is 31.8 Å². The van der Waals surface area contributed by atoms with Crippen LogP contribution in [0.1, 0.15) is 77.2 Å². The van der Waals surface area contributed by atoms with Gasteiger partial charge in [-0.1, -0.05) is 44.4 Å². The standard InChI is InChI=1S/C33H38F3NO2/c1-6-29(39)32(15-16-33(34,35)36)14-13-28-26-17-20(2)25-18-23(38)11-12-24(25)30(26)27(19-31(28,32)3)21-7-9-22(10-8-21)37(4)5/h7-10,18,20,26-28H,6,11-14,17,19H2,1-5H3/t20?,26-,27+,28-,31-,32-/m0/s1. The number of anilines is 1. The van der Waals surface area contributed by atoms with Crippen LogP contribution in [0, 0.1) is 40.4 Å². The predicted molar refractivity (Wildman–Crippen MR) is 147 cm³/mol. The molecule has 1 unspecified atom stereocenters. The third-order valence-electron chi connectivity index (χ3n) is 10.3. The van der Waals surface area contributed by atoms with Crippen LogP contribution in [0.2, 0.25) is 0 Å². The molecule has 0 radical (unpaired) electrons. The van der Waals surface area contributed by atoms with Gasteiger partial charge in [-0.2, -0.15) is 13.2 Å². The van der Waals surface area contributed by atoms with Gasteiger partial charge < -0.3 is 4.90 Å². The number of Topliss-reactive ketones (excluding diaryl/α,β-unsaturated/α-hetero) is 1. The Balaban J connectivity index is 1.72. The number of carbonyl (C=O) groups is 2. The van der Waals surface area contributed by atoms with Crippen molar-refractivity contribution in [2.24, 2.45) is 28.6 Å². The Labute approximate surface area is 229 Å². The van der Waals surface area contributed by atoms with E-state index in [-0.39, 0.29) is 41.7 Å². The quantitative estimate of drug-likeness (QED) is 0.375. The van der Waals surface area contributed by atoms with Crippen molar-refractivity contribution in [2.45, 2.75) is 77.8 Å². The van der Waals surface area contributed by atoms with Crippen molar-refractivity contribution in [3.8, 4) is 11.8 Å². The van der Waals surface area contributed by atoms with E-state index in [9.17, 15) is 22.8 Å². The van der Waals surface area contributed by atoms with Gasteiger partial charge in [0.05, 0.1) is 5.41 Å². The third kappa shape index (κ3) is 4.46. The number of nitrogens with zero attached hydrogens (tertiary/aromatic N) is 1. The molecule has 0 bridgehead atoms. The summed E-state index contributed by atoms with van der Waals surface area (Å²) in [6.07, 6.45) is 1.02. The molecule has 4 aliphatic carbocycles. The molecule has 3 nitrogen and oxygen atoms in total. The van der Waals surface area contributed by atoms with Crippen LogP contribution in [0.4, 0.5) is 18.9 Å². The molecule has 4 aliphatic rings. The number of hydrogen-bond donors (Lipinski definition) is 0. The molecule has 0 aliphatic heterocycles. The van der Waals surface area contributed by atoms with Gasteiger partial charge >= 0.3 is 6.18 Å². The second-order valence-electron chi connectivity index (χ2n) is 12.5. The van der Waals surface area contributed by atoms with E-state index in [2.05, 4.69) is 37.1 Å². The molecule has 0 saturated heterocycles. The van der Waals surface area contributed by atoms with Crippen LogP contribution in [-0.2, 0) is 9.59 Å². The largest absolute Gasteiger partial charge is 0.457 e. The van der Waals surface area contributed by atoms with E-state index >= 15 is 0 Å². The Morgan fingerprint density at radius 3 is 2.46 bits per heavy atom. The third-order valence-corrected chi connectivity index (χ3v) is 10.3. The first-order valence-corrected chi connectivity index (χ1v) is 14.2. The zero-order chi connectivity index (χ0) is 28.3. The van der Waals surface area contributed by atoms with Gasteiger partial charge in [0.25, 0.3) is 0 Å². The molecule has 2 fully saturated rings. The molecule has 39 heavy (non-hydrogen) atoms. The number of carbonyl (C=O) groups excluding carboxylic acids is 2. The molecular weight excluding hydrogens is 499 g/mol. The molecule has 208 valence electrons. The zero-order valence-electron chi connectivity index (χ0n) is 23.5. The van der Waals surface area contributed by atoms with Crippen molar-refractivity contribution in [1.29, 1.82) is 0 Å². The number of allylic oxidation sites excluding steroid dienone is 4. The lowest BCUT2D eigenvalue weighted by Crippen LogP contribution is -2.51. The minimum Gasteiger partial charge on any atom is -0.378 e. The van der Waals surface area contributed by atoms with Crippen LogP contribution in [0.5, 0.6) is 0 Å². The molecule has 6 heteroatoms. The summed E-state index contributed by atoms with van der Waals surface area (Å²) in [4.78, 5) is 28.1. The van der Waals surface area contributed by atoms with E-state index in [0.29, 0.717) is 32.1 Å². The summed E-state index contributed by atoms with van der Waals surface area (Å²) in [5.41, 5.74) is 3.96. The number of ketones is 2. The Hall–Kier alpha value is -2.81. The lowest BCUT2D eigenvalue weighted by Gasteiger charge is -2.55. The second-order valence-corrected chi connectivity index (χ2v) is 12.5. The Morgan fingerprint density at radius 1 is 1.15 bits per heavy atom. The smallest absolute Gasteiger partial charge is 0.378 e. The molecule has 1 aromatic rings. The van der Waals surface area contributed by atoms with Gasteiger partial charge in [-0.3, -0.25) is 9.59 Å². The number of hydrogen-bond acceptors (Lipinski definition) is 3. The summed E-state index contributed by atoms with van der Waals surface area (Å²) in [5, 5.41) is 0. The highest BCUT2D eigenvalue weighted by Gasteiger charge is 2.65. The molecule has 0 amide bonds. The first kappa shape index (κ1) is 27.7. The summed E-state index contributed by atoms with van der Waals surface area (Å²) in [6, 6.07) is 8.42. The van der Waals surface area contributed by atoms with Gasteiger partial charge in [-0.25, -0.2) is 0 Å². The van der Waals surface area contributed by atoms with E-state index in [1.165, 1.54) is 11.1 Å². The first-order valence-electron chi connectivity index (χ1n) is 14.2. The number of rotatable bonds is 4. The van der Waals surface area contributed by atoms with Gasteiger partial charge in [0.15, 0.2) is 11.6 Å². The number of halogens is 3. The highest BCUT2D eigenvalue weighted by Crippen LogP contribution is 2.70. The molecular formula is C33H38F3NO2. The molecule has 0 heterocycles. The summed E-state index contributed by atoms with van der Waals surface area (Å²) in [7, 11) is 3.98. The highest BCUT2D eigenvalue weighted by molar-refractivity contribution is 5.93. The van der Waals surface area contributed by atoms with E-state index in [4.69, 9.17) is 0 Å². The van der Waals surface area contributed by atoms with Crippen LogP contribution in [0.15, 0.2) is 47.1 Å². The van der Waals surface area contributed by atoms with Crippen LogP contribution in [0.25, 0.3) is 0 Å². The molecule has 6 atom stereocenters. The van der Waals surface area contributed by atoms with Gasteiger partial charge in [0.2, 0.25) is 0 Å². The van der Waals surface area contributed by atoms with Gasteiger partial charge in [0.1, 0.15) is 0 Å². The molecule has 0 N–H and O–H groups in total. The monoisotopic (exact) mass is 537 g/mol. The van der Waals surface area contributed by atoms with Gasteiger partial charge in [-0.05, 0) is 90.2 Å². The molecule has 5 rings (SSSR count). The minimum absolute atomic E-state index is 0.0404. The maximum atomic E-state index is 13.6. The van der Waals surface area contributed by atoms with Crippen LogP contribution >= 0.6 is 0 Å². The maximum Gasteiger partial charge on any atom is 0.457 e. The van der Waals surface area contributed by atoms with Gasteiger partial charge in [-0.15, -0.1) is 0 Å².